The summed E-state index contributed by atoms with van der Waals surface area (Å²) in [7, 11) is 0. The van der Waals surface area contributed by atoms with Gasteiger partial charge < -0.3 is 5.32 Å². The number of hydrogen-bond acceptors (Lipinski definition) is 4. The van der Waals surface area contributed by atoms with Gasteiger partial charge in [0.25, 0.3) is 5.91 Å². The van der Waals surface area contributed by atoms with Crippen molar-refractivity contribution in [2.45, 2.75) is 32.7 Å². The van der Waals surface area contributed by atoms with E-state index in [1.165, 1.54) is 6.33 Å². The zero-order chi connectivity index (χ0) is 14.6. The summed E-state index contributed by atoms with van der Waals surface area (Å²) in [6, 6.07) is 3.36. The van der Waals surface area contributed by atoms with Gasteiger partial charge in [0.15, 0.2) is 0 Å². The summed E-state index contributed by atoms with van der Waals surface area (Å²) in [5.41, 5.74) is 2.39. The molecule has 104 valence electrons. The minimum absolute atomic E-state index is 0.0837. The Morgan fingerprint density at radius 1 is 1.20 bits per heavy atom. The Kier molecular flexibility index (Phi) is 4.08. The summed E-state index contributed by atoms with van der Waals surface area (Å²) in [5.74, 6) is -0.129. The van der Waals surface area contributed by atoms with Crippen molar-refractivity contribution < 1.29 is 4.79 Å². The Morgan fingerprint density at radius 2 is 1.90 bits per heavy atom. The third kappa shape index (κ3) is 3.38. The number of aromatic nitrogens is 3. The van der Waals surface area contributed by atoms with E-state index in [9.17, 15) is 4.79 Å². The molecule has 2 heterocycles. The highest BCUT2D eigenvalue weighted by atomic mass is 16.1. The second-order valence-corrected chi connectivity index (χ2v) is 5.57. The van der Waals surface area contributed by atoms with E-state index >= 15 is 0 Å². The fourth-order valence-electron chi connectivity index (χ4n) is 1.94. The Bertz CT molecular complexity index is 590. The Balaban J connectivity index is 2.11. The van der Waals surface area contributed by atoms with Gasteiger partial charge in [0, 0.05) is 41.7 Å². The van der Waals surface area contributed by atoms with E-state index in [2.05, 4.69) is 41.0 Å². The van der Waals surface area contributed by atoms with E-state index in [0.717, 1.165) is 11.3 Å². The van der Waals surface area contributed by atoms with Gasteiger partial charge in [0.05, 0.1) is 5.69 Å². The van der Waals surface area contributed by atoms with Gasteiger partial charge in [-0.25, -0.2) is 9.97 Å². The van der Waals surface area contributed by atoms with Gasteiger partial charge >= 0.3 is 0 Å². The average molecular weight is 270 g/mol. The number of pyridine rings is 1. The predicted molar refractivity (Wildman–Crippen MR) is 76.1 cm³/mol. The molecule has 5 nitrogen and oxygen atoms in total. The van der Waals surface area contributed by atoms with E-state index in [4.69, 9.17) is 0 Å². The van der Waals surface area contributed by atoms with E-state index in [1.54, 1.807) is 30.7 Å². The molecule has 2 aromatic heterocycles. The van der Waals surface area contributed by atoms with Crippen molar-refractivity contribution in [3.05, 3.63) is 53.9 Å². The molecule has 0 radical (unpaired) electrons. The van der Waals surface area contributed by atoms with Gasteiger partial charge in [-0.3, -0.25) is 9.78 Å². The number of rotatable bonds is 3. The molecule has 0 fully saturated rings. The number of carbonyl (C=O) groups is 1. The summed E-state index contributed by atoms with van der Waals surface area (Å²) in [5, 5.41) is 2.88. The molecule has 0 bridgehead atoms. The summed E-state index contributed by atoms with van der Waals surface area (Å²) < 4.78 is 0. The molecule has 0 aromatic carbocycles. The highest BCUT2D eigenvalue weighted by Crippen LogP contribution is 2.22. The number of nitrogens with one attached hydrogen (secondary N) is 1. The summed E-state index contributed by atoms with van der Waals surface area (Å²) in [6.45, 7) is 6.67. The Morgan fingerprint density at radius 3 is 2.55 bits per heavy atom. The summed E-state index contributed by atoms with van der Waals surface area (Å²) in [4.78, 5) is 24.3. The standard InChI is InChI=1S/C15H18N4O/c1-15(2,3)13-12(8-17-10-19-13)9-18-14(20)11-4-6-16-7-5-11/h4-8,10H,9H2,1-3H3,(H,18,20). The lowest BCUT2D eigenvalue weighted by Gasteiger charge is -2.20. The smallest absolute Gasteiger partial charge is 0.251 e. The summed E-state index contributed by atoms with van der Waals surface area (Å²) >= 11 is 0. The quantitative estimate of drug-likeness (QED) is 0.927. The van der Waals surface area contributed by atoms with Crippen molar-refractivity contribution in [1.29, 1.82) is 0 Å². The van der Waals surface area contributed by atoms with Gasteiger partial charge in [-0.2, -0.15) is 0 Å². The van der Waals surface area contributed by atoms with Crippen LogP contribution in [0.15, 0.2) is 37.1 Å². The number of amides is 1. The molecule has 0 unspecified atom stereocenters. The normalized spacial score (nSPS) is 11.2. The lowest BCUT2D eigenvalue weighted by atomic mass is 9.89. The maximum atomic E-state index is 12.0. The largest absolute Gasteiger partial charge is 0.348 e. The van der Waals surface area contributed by atoms with Crippen LogP contribution in [-0.2, 0) is 12.0 Å². The highest BCUT2D eigenvalue weighted by Gasteiger charge is 2.19. The minimum Gasteiger partial charge on any atom is -0.348 e. The van der Waals surface area contributed by atoms with Crippen molar-refractivity contribution in [1.82, 2.24) is 20.3 Å². The molecule has 0 atom stereocenters. The molecule has 2 aromatic rings. The van der Waals surface area contributed by atoms with Crippen molar-refractivity contribution in [2.24, 2.45) is 0 Å². The van der Waals surface area contributed by atoms with Gasteiger partial charge in [0.1, 0.15) is 6.33 Å². The molecule has 0 aliphatic carbocycles. The van der Waals surface area contributed by atoms with Gasteiger partial charge in [-0.05, 0) is 12.1 Å². The van der Waals surface area contributed by atoms with Crippen LogP contribution < -0.4 is 5.32 Å². The second kappa shape index (κ2) is 5.77. The second-order valence-electron chi connectivity index (χ2n) is 5.57. The van der Waals surface area contributed by atoms with Crippen molar-refractivity contribution in [3.8, 4) is 0 Å². The van der Waals surface area contributed by atoms with Crippen molar-refractivity contribution in [3.63, 3.8) is 0 Å². The van der Waals surface area contributed by atoms with Crippen LogP contribution in [0.2, 0.25) is 0 Å². The van der Waals surface area contributed by atoms with Crippen LogP contribution in [0.4, 0.5) is 0 Å². The lowest BCUT2D eigenvalue weighted by molar-refractivity contribution is 0.0950. The van der Waals surface area contributed by atoms with Crippen molar-refractivity contribution >= 4 is 5.91 Å². The highest BCUT2D eigenvalue weighted by molar-refractivity contribution is 5.93. The third-order valence-corrected chi connectivity index (χ3v) is 2.88. The minimum atomic E-state index is -0.129. The zero-order valence-corrected chi connectivity index (χ0v) is 11.9. The van der Waals surface area contributed by atoms with E-state index in [-0.39, 0.29) is 11.3 Å². The first-order valence-electron chi connectivity index (χ1n) is 6.46. The molecule has 0 spiro atoms. The maximum Gasteiger partial charge on any atom is 0.251 e. The first-order chi connectivity index (χ1) is 9.48. The van der Waals surface area contributed by atoms with E-state index in [1.807, 2.05) is 0 Å². The SMILES string of the molecule is CC(C)(C)c1ncncc1CNC(=O)c1ccncc1. The molecule has 0 aliphatic heterocycles. The maximum absolute atomic E-state index is 12.0. The topological polar surface area (TPSA) is 67.8 Å². The van der Waals surface area contributed by atoms with Crippen LogP contribution in [0.5, 0.6) is 0 Å². The van der Waals surface area contributed by atoms with E-state index in [0.29, 0.717) is 12.1 Å². The van der Waals surface area contributed by atoms with Gasteiger partial charge in [0.2, 0.25) is 0 Å². The van der Waals surface area contributed by atoms with Gasteiger partial charge in [-0.15, -0.1) is 0 Å². The van der Waals surface area contributed by atoms with Crippen LogP contribution in [0.1, 0.15) is 42.4 Å². The lowest BCUT2D eigenvalue weighted by Crippen LogP contribution is -2.26. The fourth-order valence-corrected chi connectivity index (χ4v) is 1.94. The van der Waals surface area contributed by atoms with E-state index < -0.39 is 0 Å². The molecule has 0 saturated carbocycles. The summed E-state index contributed by atoms with van der Waals surface area (Å²) in [6.07, 6.45) is 6.48. The fraction of sp³-hybridized carbons (Fsp3) is 0.333. The molecular formula is C15H18N4O. The number of hydrogen-bond donors (Lipinski definition) is 1. The van der Waals surface area contributed by atoms with Crippen LogP contribution in [-0.4, -0.2) is 20.9 Å². The molecule has 20 heavy (non-hydrogen) atoms. The molecule has 5 heteroatoms. The predicted octanol–water partition coefficient (Wildman–Crippen LogP) is 2.10. The van der Waals surface area contributed by atoms with Gasteiger partial charge in [-0.1, -0.05) is 20.8 Å². The first-order valence-corrected chi connectivity index (χ1v) is 6.46. The molecule has 0 saturated heterocycles. The van der Waals surface area contributed by atoms with Crippen LogP contribution in [0.3, 0.4) is 0 Å². The van der Waals surface area contributed by atoms with Crippen LogP contribution >= 0.6 is 0 Å². The molecule has 1 amide bonds. The average Bonchev–Trinajstić information content (AvgIpc) is 2.45. The molecule has 1 N–H and O–H groups in total. The number of carbonyl (C=O) groups excluding carboxylic acids is 1. The van der Waals surface area contributed by atoms with Crippen LogP contribution in [0.25, 0.3) is 0 Å². The Labute approximate surface area is 118 Å². The molecular weight excluding hydrogens is 252 g/mol. The Hall–Kier alpha value is -2.30. The monoisotopic (exact) mass is 270 g/mol. The molecule has 2 rings (SSSR count). The first kappa shape index (κ1) is 14.1. The zero-order valence-electron chi connectivity index (χ0n) is 11.9. The molecule has 0 aliphatic rings. The number of nitrogens with zero attached hydrogens (tertiary/aromatic N) is 3. The van der Waals surface area contributed by atoms with Crippen molar-refractivity contribution in [2.75, 3.05) is 0 Å². The third-order valence-electron chi connectivity index (χ3n) is 2.88. The van der Waals surface area contributed by atoms with Crippen LogP contribution in [0, 0.1) is 0 Å².